The van der Waals surface area contributed by atoms with Crippen molar-refractivity contribution in [2.24, 2.45) is 0 Å². The maximum atomic E-state index is 16.1. The fourth-order valence-corrected chi connectivity index (χ4v) is 8.27. The van der Waals surface area contributed by atoms with Crippen LogP contribution in [0.25, 0.3) is 22.3 Å². The number of ether oxygens (including phenoxy) is 2. The maximum absolute atomic E-state index is 16.1. The van der Waals surface area contributed by atoms with Gasteiger partial charge >= 0.3 is 15.1 Å². The molecule has 2 bridgehead atoms. The molecule has 7 heterocycles. The van der Waals surface area contributed by atoms with Gasteiger partial charge in [-0.3, -0.25) is 27.3 Å². The number of nitrogens with zero attached hydrogens (tertiary/aromatic N) is 8. The zero-order valence-corrected chi connectivity index (χ0v) is 25.2. The quantitative estimate of drug-likeness (QED) is 0.256. The van der Waals surface area contributed by atoms with E-state index < -0.39 is 77.4 Å². The number of anilines is 2. The molecule has 5 N–H and O–H groups in total. The minimum absolute atomic E-state index is 0.0808. The summed E-state index contributed by atoms with van der Waals surface area (Å²) in [6.45, 7) is -5.09. The second-order valence-corrected chi connectivity index (χ2v) is 15.1. The summed E-state index contributed by atoms with van der Waals surface area (Å²) in [6.07, 6.45) is -4.59. The van der Waals surface area contributed by atoms with Crippen LogP contribution >= 0.6 is 26.4 Å². The first kappa shape index (κ1) is 29.8. The molecule has 4 aromatic heterocycles. The third-order valence-corrected chi connectivity index (χ3v) is 11.6. The van der Waals surface area contributed by atoms with Crippen LogP contribution in [0.3, 0.4) is 0 Å². The number of nitrogens with two attached hydrogens (primary N) is 2. The van der Waals surface area contributed by atoms with Crippen molar-refractivity contribution in [3.8, 4) is 0 Å². The van der Waals surface area contributed by atoms with Gasteiger partial charge in [-0.15, -0.1) is 0 Å². The Bertz CT molecular complexity index is 1780. The number of aliphatic hydroxyl groups is 1. The number of fused-ring (bicyclic) bond motifs is 5. The summed E-state index contributed by atoms with van der Waals surface area (Å²) < 4.78 is 80.1. The Balaban J connectivity index is 1.19. The molecular weight excluding hydrogens is 649 g/mol. The monoisotopic (exact) mass is 674 g/mol. The summed E-state index contributed by atoms with van der Waals surface area (Å²) in [5, 5.41) is 11.1. The van der Waals surface area contributed by atoms with Crippen LogP contribution in [0.2, 0.25) is 0 Å². The summed E-state index contributed by atoms with van der Waals surface area (Å²) in [6, 6.07) is 0. The first-order valence-electron chi connectivity index (χ1n) is 13.0. The fraction of sp³-hybridized carbons (Fsp3) is 0.524. The van der Waals surface area contributed by atoms with E-state index >= 15 is 4.39 Å². The highest BCUT2D eigenvalue weighted by Crippen LogP contribution is 2.62. The molecule has 3 aliphatic rings. The normalized spacial score (nSPS) is 36.6. The molecule has 3 saturated heterocycles. The van der Waals surface area contributed by atoms with Crippen LogP contribution in [0.5, 0.6) is 0 Å². The van der Waals surface area contributed by atoms with Crippen molar-refractivity contribution in [2.75, 3.05) is 30.9 Å². The van der Waals surface area contributed by atoms with Crippen molar-refractivity contribution in [1.82, 2.24) is 39.0 Å². The molecule has 44 heavy (non-hydrogen) atoms. The fourth-order valence-electron chi connectivity index (χ4n) is 5.23. The Labute approximate surface area is 251 Å². The van der Waals surface area contributed by atoms with Crippen molar-refractivity contribution in [3.05, 3.63) is 25.3 Å². The number of aliphatic hydroxyl groups excluding tert-OH is 1. The van der Waals surface area contributed by atoms with Gasteiger partial charge in [0, 0.05) is 0 Å². The molecule has 236 valence electrons. The molecule has 6 unspecified atom stereocenters. The van der Waals surface area contributed by atoms with Gasteiger partial charge < -0.3 is 30.6 Å². The molecule has 0 spiro atoms. The van der Waals surface area contributed by atoms with E-state index in [0.29, 0.717) is 11.4 Å². The average molecular weight is 675 g/mol. The van der Waals surface area contributed by atoms with Gasteiger partial charge in [-0.2, -0.15) is 0 Å². The first-order valence-corrected chi connectivity index (χ1v) is 17.6. The number of rotatable bonds is 3. The first-order chi connectivity index (χ1) is 21.2. The summed E-state index contributed by atoms with van der Waals surface area (Å²) in [5.74, 6) is 0.189. The van der Waals surface area contributed by atoms with Gasteiger partial charge in [0.05, 0.1) is 25.9 Å². The van der Waals surface area contributed by atoms with Gasteiger partial charge in [-0.25, -0.2) is 38.9 Å². The number of hydrogen-bond donors (Lipinski definition) is 3. The van der Waals surface area contributed by atoms with Crippen LogP contribution in [0.15, 0.2) is 25.3 Å². The molecule has 0 aromatic carbocycles. The summed E-state index contributed by atoms with van der Waals surface area (Å²) in [7, 11) is -3.39. The number of hydrogen-bond acceptors (Lipinski definition) is 18. The zero-order chi connectivity index (χ0) is 30.7. The molecule has 3 fully saturated rings. The van der Waals surface area contributed by atoms with Crippen molar-refractivity contribution in [1.29, 1.82) is 0 Å². The van der Waals surface area contributed by atoms with Gasteiger partial charge in [0.15, 0.2) is 41.6 Å². The second kappa shape index (κ2) is 11.5. The number of imidazole rings is 2. The molecule has 4 aromatic rings. The largest absolute Gasteiger partial charge is 0.389 e. The van der Waals surface area contributed by atoms with Crippen LogP contribution < -0.4 is 11.5 Å². The van der Waals surface area contributed by atoms with E-state index in [9.17, 15) is 14.2 Å². The van der Waals surface area contributed by atoms with Crippen molar-refractivity contribution >= 4 is 60.4 Å². The Kier molecular flexibility index (Phi) is 7.81. The summed E-state index contributed by atoms with van der Waals surface area (Å²) >= 11 is 0.710. The predicted octanol–water partition coefficient (Wildman–Crippen LogP) is 1.00. The van der Waals surface area contributed by atoms with E-state index in [-0.39, 0.29) is 34.0 Å². The molecule has 0 radical (unpaired) electrons. The molecule has 10 atom stereocenters. The molecule has 7 rings (SSSR count). The van der Waals surface area contributed by atoms with Crippen LogP contribution in [0, 0.1) is 0 Å². The third kappa shape index (κ3) is 5.06. The number of alkyl halides is 1. The lowest BCUT2D eigenvalue weighted by atomic mass is 10.1. The summed E-state index contributed by atoms with van der Waals surface area (Å²) in [4.78, 5) is 24.4. The topological polar surface area (TPSA) is 249 Å². The van der Waals surface area contributed by atoms with E-state index in [0.717, 1.165) is 0 Å². The minimum Gasteiger partial charge on any atom is -0.387 e. The lowest BCUT2D eigenvalue weighted by Gasteiger charge is -2.25. The number of halogens is 1. The molecule has 0 saturated carbocycles. The SMILES string of the molecule is CSP1(=O)OCC2O[C@@H](n3cnc4c(N)ncnc43)[C@@H](O[PH](=O)OC[C@H]3OC(n4cnc5c(N)ncnc54)C(F)C3O1)[C@H]2O. The van der Waals surface area contributed by atoms with E-state index in [2.05, 4.69) is 29.9 Å². The average Bonchev–Trinajstić information content (AvgIpc) is 3.77. The molecule has 0 amide bonds. The molecule has 3 aliphatic heterocycles. The Hall–Kier alpha value is -2.84. The minimum atomic E-state index is -4.11. The maximum Gasteiger partial charge on any atom is 0.389 e. The van der Waals surface area contributed by atoms with Crippen molar-refractivity contribution < 1.29 is 46.2 Å². The number of aromatic nitrogens is 8. The van der Waals surface area contributed by atoms with Crippen LogP contribution in [-0.2, 0) is 36.7 Å². The highest BCUT2D eigenvalue weighted by Gasteiger charge is 2.53. The standard InChI is InChI=1S/C21H25FN10O9P2S/c1-44-43(35)37-3-8-13(33)15(21(38-8)32-7-30-12-17(24)26-5-28-19(12)32)40-42(34)36-2-9-14(41-43)10(22)20(39-9)31-6-29-11-16(23)25-4-27-18(11)31/h4-10,13-15,20-21,33,42H,2-3H2,1H3,(H2,23,25,27)(H2,24,26,28)/t8?,9-,10?,13+,14?,15+,20?,21-,43?/m1/s1. The summed E-state index contributed by atoms with van der Waals surface area (Å²) in [5.41, 5.74) is 12.7. The highest BCUT2D eigenvalue weighted by molar-refractivity contribution is 8.54. The van der Waals surface area contributed by atoms with E-state index in [4.69, 9.17) is 39.0 Å². The molecular formula is C21H25FN10O9P2S. The lowest BCUT2D eigenvalue weighted by Crippen LogP contribution is -2.34. The highest BCUT2D eigenvalue weighted by atomic mass is 32.7. The third-order valence-electron chi connectivity index (χ3n) is 7.37. The lowest BCUT2D eigenvalue weighted by molar-refractivity contribution is -0.0563. The van der Waals surface area contributed by atoms with E-state index in [1.807, 2.05) is 0 Å². The van der Waals surface area contributed by atoms with Gasteiger partial charge in [0.25, 0.3) is 0 Å². The Morgan fingerprint density at radius 1 is 0.955 bits per heavy atom. The van der Waals surface area contributed by atoms with Crippen LogP contribution in [0.1, 0.15) is 12.5 Å². The Morgan fingerprint density at radius 3 is 2.20 bits per heavy atom. The second-order valence-electron chi connectivity index (χ2n) is 9.87. The zero-order valence-electron chi connectivity index (χ0n) is 22.5. The molecule has 0 aliphatic carbocycles. The van der Waals surface area contributed by atoms with Gasteiger partial charge in [-0.1, -0.05) is 0 Å². The Morgan fingerprint density at radius 2 is 1.57 bits per heavy atom. The van der Waals surface area contributed by atoms with Crippen molar-refractivity contribution in [2.45, 2.75) is 49.1 Å². The van der Waals surface area contributed by atoms with E-state index in [1.54, 1.807) is 0 Å². The molecule has 19 nitrogen and oxygen atoms in total. The van der Waals surface area contributed by atoms with Gasteiger partial charge in [-0.05, 0) is 17.6 Å². The molecule has 23 heteroatoms. The van der Waals surface area contributed by atoms with Crippen molar-refractivity contribution in [3.63, 3.8) is 0 Å². The van der Waals surface area contributed by atoms with Crippen LogP contribution in [-0.4, -0.2) is 100 Å². The number of nitrogen functional groups attached to an aromatic ring is 2. The van der Waals surface area contributed by atoms with Crippen LogP contribution in [0.4, 0.5) is 16.0 Å². The van der Waals surface area contributed by atoms with E-state index in [1.165, 1.54) is 40.7 Å². The van der Waals surface area contributed by atoms with Gasteiger partial charge in [0.2, 0.25) is 0 Å². The predicted molar refractivity (Wildman–Crippen MR) is 150 cm³/mol. The smallest absolute Gasteiger partial charge is 0.387 e. The van der Waals surface area contributed by atoms with Gasteiger partial charge in [0.1, 0.15) is 54.2 Å².